The predicted octanol–water partition coefficient (Wildman–Crippen LogP) is 2.70. The van der Waals surface area contributed by atoms with Crippen LogP contribution in [0.4, 0.5) is 0 Å². The lowest BCUT2D eigenvalue weighted by Crippen LogP contribution is -2.54. The molecule has 2 bridgehead atoms. The van der Waals surface area contributed by atoms with Gasteiger partial charge in [-0.15, -0.1) is 0 Å². The van der Waals surface area contributed by atoms with E-state index in [-0.39, 0.29) is 17.9 Å². The second-order valence-corrected chi connectivity index (χ2v) is 10.2. The summed E-state index contributed by atoms with van der Waals surface area (Å²) in [5.41, 5.74) is 7.74. The normalized spacial score (nSPS) is 29.1. The zero-order chi connectivity index (χ0) is 21.8. The number of carbonyl (C=O) groups excluding carboxylic acids is 2. The van der Waals surface area contributed by atoms with Gasteiger partial charge in [-0.2, -0.15) is 0 Å². The van der Waals surface area contributed by atoms with Crippen LogP contribution in [0, 0.1) is 23.2 Å². The van der Waals surface area contributed by atoms with Crippen molar-refractivity contribution < 1.29 is 9.59 Å². The molecule has 31 heavy (non-hydrogen) atoms. The number of amides is 2. The average Bonchev–Trinajstić information content (AvgIpc) is 3.43. The molecule has 2 aromatic rings. The topological polar surface area (TPSA) is 92.7 Å². The van der Waals surface area contributed by atoms with E-state index < -0.39 is 0 Å². The van der Waals surface area contributed by atoms with E-state index >= 15 is 0 Å². The molecule has 3 saturated carbocycles. The molecule has 7 nitrogen and oxygen atoms in total. The number of likely N-dealkylation sites (tertiary alicyclic amines) is 1. The number of rotatable bonds is 5. The first-order chi connectivity index (χ1) is 14.9. The maximum Gasteiger partial charge on any atom is 0.274 e. The van der Waals surface area contributed by atoms with Crippen LogP contribution in [0.1, 0.15) is 66.9 Å². The minimum atomic E-state index is -0.109. The minimum absolute atomic E-state index is 0.0749. The van der Waals surface area contributed by atoms with Gasteiger partial charge in [0.25, 0.3) is 11.8 Å². The van der Waals surface area contributed by atoms with Crippen LogP contribution in [0.2, 0.25) is 0 Å². The number of carbonyl (C=O) groups is 2. The van der Waals surface area contributed by atoms with Crippen molar-refractivity contribution in [3.63, 3.8) is 0 Å². The molecular weight excluding hydrogens is 390 g/mol. The summed E-state index contributed by atoms with van der Waals surface area (Å²) >= 11 is 0. The Morgan fingerprint density at radius 3 is 2.84 bits per heavy atom. The SMILES string of the molecule is CC1(C)[C@H]2CC[C@@H](CNC(=O)c3cccc4nc(C(=O)N5CCC[C@H]5CN)cn34)[C@H]1C2. The largest absolute Gasteiger partial charge is 0.350 e. The molecule has 3 aliphatic carbocycles. The van der Waals surface area contributed by atoms with Gasteiger partial charge in [-0.25, -0.2) is 4.98 Å². The summed E-state index contributed by atoms with van der Waals surface area (Å²) in [5, 5.41) is 3.16. The molecule has 0 aromatic carbocycles. The van der Waals surface area contributed by atoms with Gasteiger partial charge in [0.1, 0.15) is 17.0 Å². The van der Waals surface area contributed by atoms with Gasteiger partial charge < -0.3 is 16.0 Å². The average molecular weight is 424 g/mol. The maximum atomic E-state index is 13.0. The van der Waals surface area contributed by atoms with E-state index in [1.165, 1.54) is 19.3 Å². The highest BCUT2D eigenvalue weighted by molar-refractivity contribution is 5.95. The molecule has 4 atom stereocenters. The van der Waals surface area contributed by atoms with Crippen LogP contribution in [0.25, 0.3) is 5.65 Å². The lowest BCUT2D eigenvalue weighted by atomic mass is 9.45. The number of fused-ring (bicyclic) bond motifs is 3. The molecule has 2 amide bonds. The van der Waals surface area contributed by atoms with Gasteiger partial charge in [0.2, 0.25) is 0 Å². The second-order valence-electron chi connectivity index (χ2n) is 10.2. The summed E-state index contributed by atoms with van der Waals surface area (Å²) in [6.07, 6.45) is 7.37. The zero-order valence-corrected chi connectivity index (χ0v) is 18.5. The molecule has 0 radical (unpaired) electrons. The fourth-order valence-electron chi connectivity index (χ4n) is 6.32. The summed E-state index contributed by atoms with van der Waals surface area (Å²) in [4.78, 5) is 32.4. The van der Waals surface area contributed by atoms with Crippen LogP contribution in [-0.4, -0.2) is 51.8 Å². The molecule has 6 rings (SSSR count). The minimum Gasteiger partial charge on any atom is -0.350 e. The molecule has 2 aromatic heterocycles. The molecule has 1 saturated heterocycles. The Morgan fingerprint density at radius 1 is 1.26 bits per heavy atom. The van der Waals surface area contributed by atoms with E-state index in [4.69, 9.17) is 5.73 Å². The summed E-state index contributed by atoms with van der Waals surface area (Å²) in [7, 11) is 0. The highest BCUT2D eigenvalue weighted by atomic mass is 16.2. The van der Waals surface area contributed by atoms with Crippen molar-refractivity contribution in [2.45, 2.75) is 52.0 Å². The molecule has 3 N–H and O–H groups in total. The van der Waals surface area contributed by atoms with Crippen LogP contribution >= 0.6 is 0 Å². The first-order valence-corrected chi connectivity index (χ1v) is 11.7. The van der Waals surface area contributed by atoms with Crippen molar-refractivity contribution in [1.82, 2.24) is 19.6 Å². The first kappa shape index (κ1) is 20.5. The molecule has 0 unspecified atom stereocenters. The molecule has 7 heteroatoms. The number of nitrogens with two attached hydrogens (primary N) is 1. The molecule has 3 heterocycles. The fourth-order valence-corrected chi connectivity index (χ4v) is 6.32. The molecule has 4 fully saturated rings. The van der Waals surface area contributed by atoms with Gasteiger partial charge in [0.05, 0.1) is 0 Å². The third-order valence-corrected chi connectivity index (χ3v) is 8.38. The van der Waals surface area contributed by atoms with E-state index in [0.29, 0.717) is 53.9 Å². The van der Waals surface area contributed by atoms with Gasteiger partial charge in [0, 0.05) is 31.9 Å². The monoisotopic (exact) mass is 423 g/mol. The second kappa shape index (κ2) is 7.62. The molecule has 0 spiro atoms. The van der Waals surface area contributed by atoms with E-state index in [1.54, 1.807) is 16.7 Å². The number of pyridine rings is 1. The summed E-state index contributed by atoms with van der Waals surface area (Å²) in [6, 6.07) is 5.52. The van der Waals surface area contributed by atoms with Crippen molar-refractivity contribution in [2.75, 3.05) is 19.6 Å². The molecule has 1 aliphatic heterocycles. The number of hydrogen-bond donors (Lipinski definition) is 2. The Hall–Kier alpha value is -2.41. The lowest BCUT2D eigenvalue weighted by Gasteiger charge is -2.60. The number of nitrogens with one attached hydrogen (secondary N) is 1. The van der Waals surface area contributed by atoms with Gasteiger partial charge in [-0.1, -0.05) is 19.9 Å². The highest BCUT2D eigenvalue weighted by Crippen LogP contribution is 2.61. The number of imidazole rings is 1. The maximum absolute atomic E-state index is 13.0. The molecule has 166 valence electrons. The Kier molecular flexibility index (Phi) is 5.04. The Labute approximate surface area is 183 Å². The zero-order valence-electron chi connectivity index (χ0n) is 18.5. The van der Waals surface area contributed by atoms with E-state index in [0.717, 1.165) is 18.8 Å². The Bertz CT molecular complexity index is 1010. The third-order valence-electron chi connectivity index (χ3n) is 8.38. The van der Waals surface area contributed by atoms with Crippen LogP contribution in [0.5, 0.6) is 0 Å². The number of aromatic nitrogens is 2. The quantitative estimate of drug-likeness (QED) is 0.773. The van der Waals surface area contributed by atoms with Crippen LogP contribution < -0.4 is 11.1 Å². The van der Waals surface area contributed by atoms with Gasteiger partial charge in [-0.05, 0) is 67.4 Å². The van der Waals surface area contributed by atoms with Crippen LogP contribution in [0.15, 0.2) is 24.4 Å². The Balaban J connectivity index is 1.32. The van der Waals surface area contributed by atoms with E-state index in [1.807, 2.05) is 17.0 Å². The van der Waals surface area contributed by atoms with E-state index in [9.17, 15) is 9.59 Å². The third kappa shape index (κ3) is 3.34. The smallest absolute Gasteiger partial charge is 0.274 e. The van der Waals surface area contributed by atoms with Crippen LogP contribution in [-0.2, 0) is 0 Å². The van der Waals surface area contributed by atoms with Crippen LogP contribution in [0.3, 0.4) is 0 Å². The van der Waals surface area contributed by atoms with Gasteiger partial charge in [-0.3, -0.25) is 14.0 Å². The van der Waals surface area contributed by atoms with Crippen molar-refractivity contribution in [1.29, 1.82) is 0 Å². The number of nitrogens with zero attached hydrogens (tertiary/aromatic N) is 3. The standard InChI is InChI=1S/C24H33N5O2/c1-24(2)16-9-8-15(18(24)11-16)13-26-22(30)20-6-3-7-21-27-19(14-29(20)21)23(31)28-10-4-5-17(28)12-25/h3,6-7,14-18H,4-5,8-13,25H2,1-2H3,(H,26,30)/t15-,16-,17-,18+/m0/s1. The lowest BCUT2D eigenvalue weighted by molar-refractivity contribution is -0.103. The Morgan fingerprint density at radius 2 is 2.10 bits per heavy atom. The van der Waals surface area contributed by atoms with E-state index in [2.05, 4.69) is 24.1 Å². The predicted molar refractivity (Wildman–Crippen MR) is 119 cm³/mol. The van der Waals surface area contributed by atoms with Crippen molar-refractivity contribution in [2.24, 2.45) is 28.9 Å². The number of hydrogen-bond acceptors (Lipinski definition) is 4. The highest BCUT2D eigenvalue weighted by Gasteiger charge is 2.53. The van der Waals surface area contributed by atoms with Crippen molar-refractivity contribution in [3.05, 3.63) is 35.8 Å². The molecular formula is C24H33N5O2. The fraction of sp³-hybridized carbons (Fsp3) is 0.625. The van der Waals surface area contributed by atoms with Crippen molar-refractivity contribution in [3.8, 4) is 0 Å². The molecule has 4 aliphatic rings. The van der Waals surface area contributed by atoms with Gasteiger partial charge in [0.15, 0.2) is 0 Å². The van der Waals surface area contributed by atoms with Crippen molar-refractivity contribution >= 4 is 17.5 Å². The van der Waals surface area contributed by atoms with Gasteiger partial charge >= 0.3 is 0 Å². The summed E-state index contributed by atoms with van der Waals surface area (Å²) < 4.78 is 1.74. The summed E-state index contributed by atoms with van der Waals surface area (Å²) in [5.74, 6) is 1.89. The summed E-state index contributed by atoms with van der Waals surface area (Å²) in [6.45, 7) is 6.64. The first-order valence-electron chi connectivity index (χ1n) is 11.7.